The van der Waals surface area contributed by atoms with Crippen LogP contribution in [0.4, 0.5) is 0 Å². The molecule has 0 atom stereocenters. The molecule has 0 unspecified atom stereocenters. The second-order valence-electron chi connectivity index (χ2n) is 2.06. The Kier molecular flexibility index (Phi) is 2.67. The van der Waals surface area contributed by atoms with Crippen LogP contribution in [0, 0.1) is 0 Å². The molecule has 0 aliphatic heterocycles. The maximum Gasteiger partial charge on any atom is 0.347 e. The van der Waals surface area contributed by atoms with Crippen molar-refractivity contribution in [3.05, 3.63) is 20.3 Å². The van der Waals surface area contributed by atoms with Gasteiger partial charge in [0.2, 0.25) is 0 Å². The van der Waals surface area contributed by atoms with Crippen LogP contribution in [-0.2, 0) is 6.42 Å². The highest BCUT2D eigenvalue weighted by Gasteiger charge is 2.13. The smallest absolute Gasteiger partial charge is 0.347 e. The van der Waals surface area contributed by atoms with Gasteiger partial charge in [-0.1, -0.05) is 6.92 Å². The van der Waals surface area contributed by atoms with Gasteiger partial charge in [-0.15, -0.1) is 11.3 Å². The van der Waals surface area contributed by atoms with E-state index in [0.717, 1.165) is 16.5 Å². The minimum atomic E-state index is -0.860. The van der Waals surface area contributed by atoms with E-state index in [4.69, 9.17) is 5.11 Å². The minimum absolute atomic E-state index is 0.391. The van der Waals surface area contributed by atoms with E-state index in [0.29, 0.717) is 4.88 Å². The molecule has 0 bridgehead atoms. The maximum absolute atomic E-state index is 10.5. The molecule has 0 radical (unpaired) electrons. The largest absolute Gasteiger partial charge is 0.477 e. The predicted molar refractivity (Wildman–Crippen MR) is 48.4 cm³/mol. The lowest BCUT2D eigenvalue weighted by molar-refractivity contribution is 0.0701. The van der Waals surface area contributed by atoms with Crippen molar-refractivity contribution >= 4 is 33.2 Å². The van der Waals surface area contributed by atoms with Crippen molar-refractivity contribution in [3.8, 4) is 0 Å². The first-order valence-electron chi connectivity index (χ1n) is 3.16. The first-order valence-corrected chi connectivity index (χ1v) is 4.83. The third kappa shape index (κ3) is 1.62. The van der Waals surface area contributed by atoms with Crippen molar-refractivity contribution < 1.29 is 9.90 Å². The molecule has 1 aromatic rings. The molecule has 4 heteroatoms. The lowest BCUT2D eigenvalue weighted by atomic mass is 10.2. The van der Waals surface area contributed by atoms with E-state index in [1.54, 1.807) is 0 Å². The number of hydrogen-bond acceptors (Lipinski definition) is 2. The van der Waals surface area contributed by atoms with E-state index in [-0.39, 0.29) is 0 Å². The first-order chi connectivity index (χ1) is 5.16. The molecular weight excluding hydrogens is 228 g/mol. The Bertz CT molecular complexity index is 280. The summed E-state index contributed by atoms with van der Waals surface area (Å²) in [7, 11) is 0. The number of carboxylic acid groups (broad SMARTS) is 1. The summed E-state index contributed by atoms with van der Waals surface area (Å²) in [4.78, 5) is 10.9. The van der Waals surface area contributed by atoms with E-state index in [2.05, 4.69) is 15.9 Å². The van der Waals surface area contributed by atoms with E-state index in [1.807, 2.05) is 12.3 Å². The number of aryl methyl sites for hydroxylation is 1. The van der Waals surface area contributed by atoms with Crippen LogP contribution in [0.15, 0.2) is 9.85 Å². The summed E-state index contributed by atoms with van der Waals surface area (Å²) < 4.78 is 0.734. The average molecular weight is 235 g/mol. The molecule has 1 rings (SSSR count). The third-order valence-corrected chi connectivity index (χ3v) is 3.56. The van der Waals surface area contributed by atoms with Crippen molar-refractivity contribution in [3.63, 3.8) is 0 Å². The molecule has 0 aliphatic carbocycles. The van der Waals surface area contributed by atoms with Gasteiger partial charge in [-0.25, -0.2) is 4.79 Å². The van der Waals surface area contributed by atoms with Crippen molar-refractivity contribution in [2.45, 2.75) is 13.3 Å². The molecule has 2 nitrogen and oxygen atoms in total. The predicted octanol–water partition coefficient (Wildman–Crippen LogP) is 2.77. The standard InChI is InChI=1S/C7H7BrO2S/c1-2-4-3-11-6(5(4)8)7(9)10/h3H,2H2,1H3,(H,9,10). The van der Waals surface area contributed by atoms with Crippen molar-refractivity contribution in [1.29, 1.82) is 0 Å². The summed E-state index contributed by atoms with van der Waals surface area (Å²) in [6.07, 6.45) is 0.865. The quantitative estimate of drug-likeness (QED) is 0.855. The minimum Gasteiger partial charge on any atom is -0.477 e. The molecular formula is C7H7BrO2S. The molecule has 0 fully saturated rings. The lowest BCUT2D eigenvalue weighted by Gasteiger charge is -1.91. The number of thiophene rings is 1. The van der Waals surface area contributed by atoms with Gasteiger partial charge in [0.05, 0.1) is 0 Å². The molecule has 0 saturated heterocycles. The highest BCUT2D eigenvalue weighted by atomic mass is 79.9. The Morgan fingerprint density at radius 1 is 1.82 bits per heavy atom. The van der Waals surface area contributed by atoms with E-state index in [1.165, 1.54) is 11.3 Å². The number of carbonyl (C=O) groups is 1. The van der Waals surface area contributed by atoms with Crippen LogP contribution in [0.5, 0.6) is 0 Å². The van der Waals surface area contributed by atoms with Gasteiger partial charge in [0.1, 0.15) is 4.88 Å². The molecule has 1 N–H and O–H groups in total. The van der Waals surface area contributed by atoms with E-state index >= 15 is 0 Å². The fourth-order valence-electron chi connectivity index (χ4n) is 0.762. The van der Waals surface area contributed by atoms with Crippen molar-refractivity contribution in [1.82, 2.24) is 0 Å². The molecule has 0 aliphatic rings. The molecule has 1 aromatic heterocycles. The topological polar surface area (TPSA) is 37.3 Å². The number of aromatic carboxylic acids is 1. The summed E-state index contributed by atoms with van der Waals surface area (Å²) >= 11 is 4.50. The fraction of sp³-hybridized carbons (Fsp3) is 0.286. The average Bonchev–Trinajstić information content (AvgIpc) is 2.30. The van der Waals surface area contributed by atoms with Crippen LogP contribution in [0.3, 0.4) is 0 Å². The molecule has 0 spiro atoms. The van der Waals surface area contributed by atoms with Crippen LogP contribution in [0.25, 0.3) is 0 Å². The summed E-state index contributed by atoms with van der Waals surface area (Å²) in [6.45, 7) is 2.00. The second-order valence-corrected chi connectivity index (χ2v) is 3.74. The molecule has 60 valence electrons. The van der Waals surface area contributed by atoms with Gasteiger partial charge < -0.3 is 5.11 Å². The monoisotopic (exact) mass is 234 g/mol. The Balaban J connectivity index is 3.10. The number of carboxylic acids is 1. The van der Waals surface area contributed by atoms with Crippen LogP contribution < -0.4 is 0 Å². The van der Waals surface area contributed by atoms with Gasteiger partial charge >= 0.3 is 5.97 Å². The highest BCUT2D eigenvalue weighted by molar-refractivity contribution is 9.10. The summed E-state index contributed by atoms with van der Waals surface area (Å²) in [5.74, 6) is -0.860. The van der Waals surface area contributed by atoms with Gasteiger partial charge in [-0.05, 0) is 33.3 Å². The van der Waals surface area contributed by atoms with Gasteiger partial charge in [0, 0.05) is 4.47 Å². The number of rotatable bonds is 2. The third-order valence-electron chi connectivity index (χ3n) is 1.38. The lowest BCUT2D eigenvalue weighted by Crippen LogP contribution is -1.92. The van der Waals surface area contributed by atoms with Crippen molar-refractivity contribution in [2.75, 3.05) is 0 Å². The molecule has 11 heavy (non-hydrogen) atoms. The second kappa shape index (κ2) is 3.36. The molecule has 0 amide bonds. The Morgan fingerprint density at radius 3 is 2.73 bits per heavy atom. The SMILES string of the molecule is CCc1csc(C(=O)O)c1Br. The van der Waals surface area contributed by atoms with Gasteiger partial charge in [0.25, 0.3) is 0 Å². The Hall–Kier alpha value is -0.350. The van der Waals surface area contributed by atoms with E-state index < -0.39 is 5.97 Å². The summed E-state index contributed by atoms with van der Waals surface area (Å²) in [5.41, 5.74) is 1.06. The Labute approximate surface area is 77.0 Å². The van der Waals surface area contributed by atoms with Gasteiger partial charge in [0.15, 0.2) is 0 Å². The summed E-state index contributed by atoms with van der Waals surface area (Å²) in [5, 5.41) is 10.5. The summed E-state index contributed by atoms with van der Waals surface area (Å²) in [6, 6.07) is 0. The Morgan fingerprint density at radius 2 is 2.45 bits per heavy atom. The van der Waals surface area contributed by atoms with Crippen molar-refractivity contribution in [2.24, 2.45) is 0 Å². The fourth-order valence-corrected chi connectivity index (χ4v) is 2.64. The zero-order valence-corrected chi connectivity index (χ0v) is 8.33. The normalized spacial score (nSPS) is 10.0. The zero-order valence-electron chi connectivity index (χ0n) is 5.93. The van der Waals surface area contributed by atoms with Crippen LogP contribution in [0.1, 0.15) is 22.2 Å². The first kappa shape index (κ1) is 8.74. The van der Waals surface area contributed by atoms with Crippen LogP contribution in [-0.4, -0.2) is 11.1 Å². The molecule has 0 saturated carbocycles. The maximum atomic E-state index is 10.5. The van der Waals surface area contributed by atoms with Gasteiger partial charge in [-0.2, -0.15) is 0 Å². The molecule has 1 heterocycles. The van der Waals surface area contributed by atoms with E-state index in [9.17, 15) is 4.79 Å². The van der Waals surface area contributed by atoms with Gasteiger partial charge in [-0.3, -0.25) is 0 Å². The number of hydrogen-bond donors (Lipinski definition) is 1. The highest BCUT2D eigenvalue weighted by Crippen LogP contribution is 2.28. The zero-order chi connectivity index (χ0) is 8.43. The van der Waals surface area contributed by atoms with Crippen LogP contribution in [0.2, 0.25) is 0 Å². The van der Waals surface area contributed by atoms with Crippen LogP contribution >= 0.6 is 27.3 Å². The molecule has 0 aromatic carbocycles. The number of halogens is 1.